The molecule has 1 heterocycles. The summed E-state index contributed by atoms with van der Waals surface area (Å²) >= 11 is 0. The fraction of sp³-hybridized carbons (Fsp3) is 0.647. The van der Waals surface area contributed by atoms with Crippen LogP contribution in [0.3, 0.4) is 0 Å². The molecule has 0 unspecified atom stereocenters. The van der Waals surface area contributed by atoms with Crippen LogP contribution in [0.2, 0.25) is 0 Å². The van der Waals surface area contributed by atoms with Crippen LogP contribution in [0.5, 0.6) is 5.75 Å². The second-order valence-electron chi connectivity index (χ2n) is 5.81. The smallest absolute Gasteiger partial charge is 0.118 e. The number of nitrogens with one attached hydrogen (secondary N) is 1. The molecule has 1 saturated heterocycles. The summed E-state index contributed by atoms with van der Waals surface area (Å²) < 4.78 is 5.19. The molecule has 1 fully saturated rings. The Morgan fingerprint density at radius 2 is 1.85 bits per heavy atom. The van der Waals surface area contributed by atoms with Gasteiger partial charge in [-0.05, 0) is 57.0 Å². The van der Waals surface area contributed by atoms with Gasteiger partial charge in [-0.3, -0.25) is 0 Å². The molecule has 1 aliphatic heterocycles. The molecule has 0 radical (unpaired) electrons. The zero-order valence-corrected chi connectivity index (χ0v) is 12.9. The highest BCUT2D eigenvalue weighted by molar-refractivity contribution is 5.27. The van der Waals surface area contributed by atoms with Crippen molar-refractivity contribution in [2.24, 2.45) is 0 Å². The molecular formula is C17H28N2O. The van der Waals surface area contributed by atoms with E-state index in [1.165, 1.54) is 44.5 Å². The summed E-state index contributed by atoms with van der Waals surface area (Å²) in [4.78, 5) is 2.58. The molecule has 0 amide bonds. The Labute approximate surface area is 123 Å². The molecule has 0 bridgehead atoms. The first-order valence-corrected chi connectivity index (χ1v) is 7.86. The van der Waals surface area contributed by atoms with Gasteiger partial charge in [0.15, 0.2) is 0 Å². The van der Waals surface area contributed by atoms with Gasteiger partial charge in [0.05, 0.1) is 7.11 Å². The van der Waals surface area contributed by atoms with Crippen molar-refractivity contribution in [3.8, 4) is 5.75 Å². The lowest BCUT2D eigenvalue weighted by Crippen LogP contribution is -2.39. The van der Waals surface area contributed by atoms with Crippen LogP contribution in [0.1, 0.15) is 31.7 Å². The van der Waals surface area contributed by atoms with Crippen LogP contribution in [0.25, 0.3) is 0 Å². The molecule has 3 nitrogen and oxygen atoms in total. The minimum absolute atomic E-state index is 0.521. The fourth-order valence-corrected chi connectivity index (χ4v) is 2.84. The van der Waals surface area contributed by atoms with Gasteiger partial charge < -0.3 is 15.0 Å². The Hall–Kier alpha value is -1.06. The maximum atomic E-state index is 5.19. The van der Waals surface area contributed by atoms with Crippen molar-refractivity contribution in [1.29, 1.82) is 0 Å². The van der Waals surface area contributed by atoms with Gasteiger partial charge in [-0.2, -0.15) is 0 Å². The van der Waals surface area contributed by atoms with Gasteiger partial charge >= 0.3 is 0 Å². The van der Waals surface area contributed by atoms with Crippen molar-refractivity contribution in [3.05, 3.63) is 29.8 Å². The highest BCUT2D eigenvalue weighted by Crippen LogP contribution is 2.12. The van der Waals surface area contributed by atoms with E-state index in [2.05, 4.69) is 29.3 Å². The molecule has 1 N–H and O–H groups in total. The van der Waals surface area contributed by atoms with Crippen LogP contribution in [0.4, 0.5) is 0 Å². The normalized spacial score (nSPS) is 17.9. The van der Waals surface area contributed by atoms with E-state index in [4.69, 9.17) is 4.74 Å². The van der Waals surface area contributed by atoms with Crippen LogP contribution >= 0.6 is 0 Å². The topological polar surface area (TPSA) is 24.5 Å². The zero-order chi connectivity index (χ0) is 14.2. The Kier molecular flexibility index (Phi) is 6.34. The van der Waals surface area contributed by atoms with Crippen LogP contribution in [-0.2, 0) is 6.42 Å². The number of ether oxygens (including phenoxy) is 1. The largest absolute Gasteiger partial charge is 0.497 e. The maximum Gasteiger partial charge on any atom is 0.118 e. The van der Waals surface area contributed by atoms with Crippen molar-refractivity contribution in [3.63, 3.8) is 0 Å². The number of benzene rings is 1. The number of piperidine rings is 1. The predicted octanol–water partition coefficient (Wildman–Crippen LogP) is 2.70. The van der Waals surface area contributed by atoms with Gasteiger partial charge in [-0.1, -0.05) is 18.6 Å². The summed E-state index contributed by atoms with van der Waals surface area (Å²) in [7, 11) is 1.71. The highest BCUT2D eigenvalue weighted by Gasteiger charge is 2.10. The van der Waals surface area contributed by atoms with Crippen LogP contribution in [0, 0.1) is 0 Å². The second-order valence-corrected chi connectivity index (χ2v) is 5.81. The van der Waals surface area contributed by atoms with E-state index in [0.717, 1.165) is 18.7 Å². The van der Waals surface area contributed by atoms with Gasteiger partial charge in [0.1, 0.15) is 5.75 Å². The first-order chi connectivity index (χ1) is 9.78. The molecule has 3 heteroatoms. The molecule has 2 rings (SSSR count). The number of hydrogen-bond acceptors (Lipinski definition) is 3. The van der Waals surface area contributed by atoms with Gasteiger partial charge in [0.25, 0.3) is 0 Å². The summed E-state index contributed by atoms with van der Waals surface area (Å²) in [6, 6.07) is 8.91. The quantitative estimate of drug-likeness (QED) is 0.828. The summed E-state index contributed by atoms with van der Waals surface area (Å²) in [5.41, 5.74) is 1.36. The third-order valence-electron chi connectivity index (χ3n) is 4.07. The number of methoxy groups -OCH3 is 1. The van der Waals surface area contributed by atoms with Crippen molar-refractivity contribution in [2.75, 3.05) is 33.3 Å². The summed E-state index contributed by atoms with van der Waals surface area (Å²) in [5.74, 6) is 0.930. The first-order valence-electron chi connectivity index (χ1n) is 7.86. The molecule has 0 saturated carbocycles. The average Bonchev–Trinajstić information content (AvgIpc) is 2.49. The summed E-state index contributed by atoms with van der Waals surface area (Å²) in [5, 5.41) is 3.63. The molecule has 0 aromatic heterocycles. The van der Waals surface area contributed by atoms with E-state index in [-0.39, 0.29) is 0 Å². The number of rotatable bonds is 7. The monoisotopic (exact) mass is 276 g/mol. The molecule has 112 valence electrons. The third kappa shape index (κ3) is 5.14. The van der Waals surface area contributed by atoms with E-state index >= 15 is 0 Å². The first kappa shape index (κ1) is 15.3. The number of hydrogen-bond donors (Lipinski definition) is 1. The Morgan fingerprint density at radius 3 is 2.50 bits per heavy atom. The molecular weight excluding hydrogens is 248 g/mol. The van der Waals surface area contributed by atoms with Crippen LogP contribution in [0.15, 0.2) is 24.3 Å². The summed E-state index contributed by atoms with van der Waals surface area (Å²) in [6.07, 6.45) is 5.24. The van der Waals surface area contributed by atoms with Crippen molar-refractivity contribution < 1.29 is 4.74 Å². The van der Waals surface area contributed by atoms with Crippen LogP contribution in [-0.4, -0.2) is 44.2 Å². The number of nitrogens with zero attached hydrogens (tertiary/aromatic N) is 1. The minimum Gasteiger partial charge on any atom is -0.497 e. The molecule has 0 spiro atoms. The second kappa shape index (κ2) is 8.28. The Morgan fingerprint density at radius 1 is 1.15 bits per heavy atom. The lowest BCUT2D eigenvalue weighted by atomic mass is 10.1. The molecule has 0 aliphatic carbocycles. The Bertz CT molecular complexity index is 371. The van der Waals surface area contributed by atoms with E-state index < -0.39 is 0 Å². The zero-order valence-electron chi connectivity index (χ0n) is 12.9. The highest BCUT2D eigenvalue weighted by atomic mass is 16.5. The van der Waals surface area contributed by atoms with E-state index in [1.54, 1.807) is 7.11 Å². The standard InChI is InChI=1S/C17H28N2O/c1-15(14-16-6-8-17(20-2)9-7-16)18-10-13-19-11-4-3-5-12-19/h6-9,15,18H,3-5,10-14H2,1-2H3/t15-/m0/s1. The number of likely N-dealkylation sites (tertiary alicyclic amines) is 1. The minimum atomic E-state index is 0.521. The molecule has 1 aromatic rings. The fourth-order valence-electron chi connectivity index (χ4n) is 2.84. The SMILES string of the molecule is COc1ccc(C[C@H](C)NCCN2CCCCC2)cc1. The average molecular weight is 276 g/mol. The molecule has 1 aromatic carbocycles. The van der Waals surface area contributed by atoms with Gasteiger partial charge in [-0.25, -0.2) is 0 Å². The van der Waals surface area contributed by atoms with Crippen molar-refractivity contribution in [2.45, 2.75) is 38.6 Å². The Balaban J connectivity index is 1.65. The van der Waals surface area contributed by atoms with Crippen molar-refractivity contribution in [1.82, 2.24) is 10.2 Å². The molecule has 1 aliphatic rings. The van der Waals surface area contributed by atoms with Gasteiger partial charge in [0.2, 0.25) is 0 Å². The lowest BCUT2D eigenvalue weighted by molar-refractivity contribution is 0.226. The lowest BCUT2D eigenvalue weighted by Gasteiger charge is -2.27. The maximum absolute atomic E-state index is 5.19. The van der Waals surface area contributed by atoms with Crippen molar-refractivity contribution >= 4 is 0 Å². The van der Waals surface area contributed by atoms with E-state index in [1.807, 2.05) is 12.1 Å². The molecule has 20 heavy (non-hydrogen) atoms. The van der Waals surface area contributed by atoms with E-state index in [0.29, 0.717) is 6.04 Å². The third-order valence-corrected chi connectivity index (χ3v) is 4.07. The van der Waals surface area contributed by atoms with E-state index in [9.17, 15) is 0 Å². The predicted molar refractivity (Wildman–Crippen MR) is 84.5 cm³/mol. The molecule has 1 atom stereocenters. The van der Waals surface area contributed by atoms with Crippen LogP contribution < -0.4 is 10.1 Å². The van der Waals surface area contributed by atoms with Gasteiger partial charge in [-0.15, -0.1) is 0 Å². The van der Waals surface area contributed by atoms with Gasteiger partial charge in [0, 0.05) is 19.1 Å². The summed E-state index contributed by atoms with van der Waals surface area (Å²) in [6.45, 7) is 7.12.